The number of allylic oxidation sites excluding steroid dienone is 8. The van der Waals surface area contributed by atoms with E-state index in [0.717, 1.165) is 25.7 Å². The summed E-state index contributed by atoms with van der Waals surface area (Å²) in [6.07, 6.45) is 24.4. The number of rotatable bonds is 14. The lowest BCUT2D eigenvalue weighted by molar-refractivity contribution is -0.146. The highest BCUT2D eigenvalue weighted by Gasteiger charge is 2.11. The van der Waals surface area contributed by atoms with Crippen LogP contribution in [0.2, 0.25) is 0 Å². The zero-order chi connectivity index (χ0) is 17.2. The van der Waals surface area contributed by atoms with Gasteiger partial charge >= 0.3 is 5.97 Å². The molecule has 0 heterocycles. The van der Waals surface area contributed by atoms with Gasteiger partial charge in [0.2, 0.25) is 0 Å². The molecular formula is C20H32O3. The predicted octanol–water partition coefficient (Wildman–Crippen LogP) is 5.19. The van der Waals surface area contributed by atoms with Crippen molar-refractivity contribution in [1.29, 1.82) is 0 Å². The van der Waals surface area contributed by atoms with Crippen LogP contribution in [0.1, 0.15) is 64.7 Å². The van der Waals surface area contributed by atoms with Crippen molar-refractivity contribution in [3.63, 3.8) is 0 Å². The van der Waals surface area contributed by atoms with Crippen LogP contribution in [-0.2, 0) is 4.79 Å². The van der Waals surface area contributed by atoms with Crippen LogP contribution in [0.25, 0.3) is 0 Å². The van der Waals surface area contributed by atoms with Crippen molar-refractivity contribution in [2.24, 2.45) is 0 Å². The molecule has 0 aliphatic heterocycles. The Bertz CT molecular complexity index is 392. The lowest BCUT2D eigenvalue weighted by Crippen LogP contribution is -2.18. The second kappa shape index (κ2) is 16.8. The smallest absolute Gasteiger partial charge is 0.332 e. The minimum atomic E-state index is -1.22. The molecule has 0 aliphatic carbocycles. The largest absolute Gasteiger partial charge is 0.479 e. The molecule has 0 aliphatic rings. The summed E-state index contributed by atoms with van der Waals surface area (Å²) in [5, 5.41) is 17.6. The van der Waals surface area contributed by atoms with Gasteiger partial charge in [-0.2, -0.15) is 0 Å². The maximum absolute atomic E-state index is 10.4. The summed E-state index contributed by atoms with van der Waals surface area (Å²) in [6.45, 7) is 2.22. The molecule has 0 amide bonds. The van der Waals surface area contributed by atoms with Gasteiger partial charge in [-0.15, -0.1) is 0 Å². The van der Waals surface area contributed by atoms with Crippen molar-refractivity contribution in [2.45, 2.75) is 70.8 Å². The van der Waals surface area contributed by atoms with E-state index < -0.39 is 12.1 Å². The number of carboxylic acids is 1. The van der Waals surface area contributed by atoms with E-state index in [1.165, 1.54) is 25.7 Å². The molecule has 0 aromatic heterocycles. The molecule has 0 bridgehead atoms. The summed E-state index contributed by atoms with van der Waals surface area (Å²) in [5.41, 5.74) is 0. The molecule has 0 saturated carbocycles. The number of hydrogen-bond donors (Lipinski definition) is 2. The Kier molecular flexibility index (Phi) is 15.6. The molecule has 3 heteroatoms. The summed E-state index contributed by atoms with van der Waals surface area (Å²) in [4.78, 5) is 10.4. The Balaban J connectivity index is 3.51. The number of unbranched alkanes of at least 4 members (excludes halogenated alkanes) is 5. The molecule has 0 radical (unpaired) electrons. The first kappa shape index (κ1) is 21.4. The van der Waals surface area contributed by atoms with Crippen LogP contribution in [0.4, 0.5) is 0 Å². The monoisotopic (exact) mass is 320 g/mol. The molecule has 0 aromatic rings. The van der Waals surface area contributed by atoms with Gasteiger partial charge < -0.3 is 10.2 Å². The fourth-order valence-corrected chi connectivity index (χ4v) is 1.99. The third kappa shape index (κ3) is 16.6. The van der Waals surface area contributed by atoms with Crippen LogP contribution in [-0.4, -0.2) is 22.3 Å². The standard InChI is InChI=1S/C20H32O3/c1-2-3-4-5-6-7-8-9-10-11-12-13-14-15-16-17-18-19(21)20(22)23/h6-7,9-14,19,21H,2-5,8,15-18H2,1H3,(H,22,23). The highest BCUT2D eigenvalue weighted by molar-refractivity contribution is 5.71. The number of carboxylic acid groups (broad SMARTS) is 1. The normalized spacial score (nSPS) is 13.8. The van der Waals surface area contributed by atoms with Crippen molar-refractivity contribution in [2.75, 3.05) is 0 Å². The average Bonchev–Trinajstić information content (AvgIpc) is 2.54. The zero-order valence-corrected chi connectivity index (χ0v) is 14.4. The molecule has 0 spiro atoms. The van der Waals surface area contributed by atoms with E-state index in [-0.39, 0.29) is 0 Å². The van der Waals surface area contributed by atoms with Gasteiger partial charge in [0.05, 0.1) is 0 Å². The van der Waals surface area contributed by atoms with E-state index in [9.17, 15) is 4.79 Å². The SMILES string of the molecule is CCCCCC=CCC=CC=CC=CCCCCC(O)C(=O)O. The van der Waals surface area contributed by atoms with E-state index in [4.69, 9.17) is 10.2 Å². The quantitative estimate of drug-likeness (QED) is 0.263. The molecule has 3 nitrogen and oxygen atoms in total. The number of aliphatic hydroxyl groups excluding tert-OH is 1. The molecule has 23 heavy (non-hydrogen) atoms. The lowest BCUT2D eigenvalue weighted by Gasteiger charge is -2.02. The number of hydrogen-bond acceptors (Lipinski definition) is 2. The Morgan fingerprint density at radius 2 is 1.52 bits per heavy atom. The molecule has 0 rings (SSSR count). The molecule has 0 aromatic carbocycles. The van der Waals surface area contributed by atoms with Crippen molar-refractivity contribution < 1.29 is 15.0 Å². The molecule has 0 fully saturated rings. The first-order valence-electron chi connectivity index (χ1n) is 8.72. The third-order valence-corrected chi connectivity index (χ3v) is 3.40. The maximum atomic E-state index is 10.4. The Hall–Kier alpha value is -1.61. The maximum Gasteiger partial charge on any atom is 0.332 e. The first-order chi connectivity index (χ1) is 11.2. The Morgan fingerprint density at radius 1 is 0.870 bits per heavy atom. The van der Waals surface area contributed by atoms with E-state index in [1.54, 1.807) is 0 Å². The van der Waals surface area contributed by atoms with Crippen LogP contribution in [0, 0.1) is 0 Å². The van der Waals surface area contributed by atoms with Crippen LogP contribution in [0.5, 0.6) is 0 Å². The van der Waals surface area contributed by atoms with Gasteiger partial charge in [-0.3, -0.25) is 0 Å². The second-order valence-electron chi connectivity index (χ2n) is 5.58. The fourth-order valence-electron chi connectivity index (χ4n) is 1.99. The highest BCUT2D eigenvalue weighted by Crippen LogP contribution is 2.04. The van der Waals surface area contributed by atoms with E-state index in [0.29, 0.717) is 6.42 Å². The Morgan fingerprint density at radius 3 is 2.22 bits per heavy atom. The molecule has 1 atom stereocenters. The topological polar surface area (TPSA) is 57.5 Å². The number of aliphatic hydroxyl groups is 1. The third-order valence-electron chi connectivity index (χ3n) is 3.40. The van der Waals surface area contributed by atoms with Crippen molar-refractivity contribution in [3.05, 3.63) is 48.6 Å². The second-order valence-corrected chi connectivity index (χ2v) is 5.58. The van der Waals surface area contributed by atoms with E-state index >= 15 is 0 Å². The van der Waals surface area contributed by atoms with Gasteiger partial charge in [-0.25, -0.2) is 4.79 Å². The fraction of sp³-hybridized carbons (Fsp3) is 0.550. The summed E-state index contributed by atoms with van der Waals surface area (Å²) < 4.78 is 0. The van der Waals surface area contributed by atoms with Crippen LogP contribution >= 0.6 is 0 Å². The Labute approximate surface area is 141 Å². The van der Waals surface area contributed by atoms with Gasteiger partial charge in [-0.05, 0) is 44.9 Å². The first-order valence-corrected chi connectivity index (χ1v) is 8.72. The number of carbonyl (C=O) groups is 1. The van der Waals surface area contributed by atoms with Gasteiger partial charge in [0, 0.05) is 0 Å². The number of aliphatic carboxylic acids is 1. The summed E-state index contributed by atoms with van der Waals surface area (Å²) in [6, 6.07) is 0. The predicted molar refractivity (Wildman–Crippen MR) is 97.4 cm³/mol. The van der Waals surface area contributed by atoms with Crippen LogP contribution < -0.4 is 0 Å². The lowest BCUT2D eigenvalue weighted by atomic mass is 10.1. The molecule has 2 N–H and O–H groups in total. The average molecular weight is 320 g/mol. The highest BCUT2D eigenvalue weighted by atomic mass is 16.4. The van der Waals surface area contributed by atoms with Crippen LogP contribution in [0.15, 0.2) is 48.6 Å². The van der Waals surface area contributed by atoms with Crippen molar-refractivity contribution in [3.8, 4) is 0 Å². The van der Waals surface area contributed by atoms with Crippen molar-refractivity contribution in [1.82, 2.24) is 0 Å². The van der Waals surface area contributed by atoms with Gasteiger partial charge in [0.15, 0.2) is 6.10 Å². The van der Waals surface area contributed by atoms with E-state index in [1.807, 2.05) is 24.3 Å². The minimum absolute atomic E-state index is 0.327. The molecular weight excluding hydrogens is 288 g/mol. The molecule has 0 saturated heterocycles. The minimum Gasteiger partial charge on any atom is -0.479 e. The zero-order valence-electron chi connectivity index (χ0n) is 14.4. The van der Waals surface area contributed by atoms with Crippen LogP contribution in [0.3, 0.4) is 0 Å². The van der Waals surface area contributed by atoms with Gasteiger partial charge in [-0.1, -0.05) is 68.4 Å². The van der Waals surface area contributed by atoms with Gasteiger partial charge in [0.25, 0.3) is 0 Å². The molecule has 1 unspecified atom stereocenters. The van der Waals surface area contributed by atoms with Crippen molar-refractivity contribution >= 4 is 5.97 Å². The summed E-state index contributed by atoms with van der Waals surface area (Å²) >= 11 is 0. The summed E-state index contributed by atoms with van der Waals surface area (Å²) in [7, 11) is 0. The van der Waals surface area contributed by atoms with E-state index in [2.05, 4.69) is 31.2 Å². The molecule has 130 valence electrons. The van der Waals surface area contributed by atoms with Gasteiger partial charge in [0.1, 0.15) is 0 Å². The summed E-state index contributed by atoms with van der Waals surface area (Å²) in [5.74, 6) is -1.13.